The largest absolute Gasteiger partial charge is 0.466 e. The minimum absolute atomic E-state index is 0.0412. The van der Waals surface area contributed by atoms with Crippen molar-refractivity contribution in [1.29, 1.82) is 0 Å². The molecule has 0 heterocycles. The minimum Gasteiger partial charge on any atom is -0.466 e. The highest BCUT2D eigenvalue weighted by atomic mass is 16.5. The van der Waals surface area contributed by atoms with Crippen molar-refractivity contribution in [2.75, 3.05) is 6.61 Å². The minimum atomic E-state index is -0.0412. The lowest BCUT2D eigenvalue weighted by atomic mass is 9.91. The molecule has 0 aliphatic rings. The van der Waals surface area contributed by atoms with Crippen LogP contribution in [0.25, 0.3) is 0 Å². The molecular formula is C13H26O2. The molecule has 0 bridgehead atoms. The van der Waals surface area contributed by atoms with Crippen LogP contribution in [0.2, 0.25) is 0 Å². The van der Waals surface area contributed by atoms with Crippen LogP contribution in [-0.2, 0) is 9.53 Å². The maximum atomic E-state index is 11.5. The molecule has 2 heteroatoms. The van der Waals surface area contributed by atoms with Gasteiger partial charge in [-0.15, -0.1) is 0 Å². The fraction of sp³-hybridized carbons (Fsp3) is 0.923. The molecule has 0 saturated carbocycles. The number of unbranched alkanes of at least 4 members (excludes halogenated alkanes) is 3. The number of ether oxygens (including phenoxy) is 1. The predicted molar refractivity (Wildman–Crippen MR) is 63.7 cm³/mol. The van der Waals surface area contributed by atoms with Crippen molar-refractivity contribution >= 4 is 5.97 Å². The predicted octanol–water partition coefficient (Wildman–Crippen LogP) is 3.79. The number of carbonyl (C=O) groups excluding carboxylic acids is 1. The Labute approximate surface area is 94.4 Å². The van der Waals surface area contributed by atoms with Gasteiger partial charge in [0, 0.05) is 0 Å². The monoisotopic (exact) mass is 214 g/mol. The van der Waals surface area contributed by atoms with E-state index in [9.17, 15) is 4.79 Å². The van der Waals surface area contributed by atoms with Crippen LogP contribution in [0.15, 0.2) is 0 Å². The fourth-order valence-corrected chi connectivity index (χ4v) is 1.65. The quantitative estimate of drug-likeness (QED) is 0.454. The third kappa shape index (κ3) is 6.53. The van der Waals surface area contributed by atoms with Crippen molar-refractivity contribution in [3.05, 3.63) is 0 Å². The normalized spacial score (nSPS) is 14.7. The molecule has 0 aromatic heterocycles. The highest BCUT2D eigenvalue weighted by Crippen LogP contribution is 2.19. The van der Waals surface area contributed by atoms with Crippen molar-refractivity contribution in [2.24, 2.45) is 11.8 Å². The molecule has 0 aromatic rings. The Hall–Kier alpha value is -0.530. The highest BCUT2D eigenvalue weighted by molar-refractivity contribution is 5.72. The lowest BCUT2D eigenvalue weighted by Crippen LogP contribution is -2.21. The standard InChI is InChI=1S/C13H26O2/c1-5-7-8-9-10-11(3)12(4)13(14)15-6-2/h11-12H,5-10H2,1-4H3. The summed E-state index contributed by atoms with van der Waals surface area (Å²) >= 11 is 0. The summed E-state index contributed by atoms with van der Waals surface area (Å²) in [5.74, 6) is 0.452. The second kappa shape index (κ2) is 8.75. The molecule has 2 nitrogen and oxygen atoms in total. The molecule has 0 radical (unpaired) electrons. The van der Waals surface area contributed by atoms with E-state index in [-0.39, 0.29) is 11.9 Å². The van der Waals surface area contributed by atoms with Crippen LogP contribution in [0, 0.1) is 11.8 Å². The lowest BCUT2D eigenvalue weighted by molar-refractivity contribution is -0.149. The molecule has 0 amide bonds. The van der Waals surface area contributed by atoms with Crippen LogP contribution in [0.3, 0.4) is 0 Å². The summed E-state index contributed by atoms with van der Waals surface area (Å²) in [4.78, 5) is 11.5. The molecule has 0 fully saturated rings. The van der Waals surface area contributed by atoms with Gasteiger partial charge in [-0.3, -0.25) is 4.79 Å². The van der Waals surface area contributed by atoms with Crippen LogP contribution in [0.4, 0.5) is 0 Å². The zero-order valence-corrected chi connectivity index (χ0v) is 10.7. The molecule has 0 aliphatic heterocycles. The summed E-state index contributed by atoms with van der Waals surface area (Å²) in [7, 11) is 0. The summed E-state index contributed by atoms with van der Waals surface area (Å²) in [6, 6.07) is 0. The first-order valence-corrected chi connectivity index (χ1v) is 6.30. The third-order valence-electron chi connectivity index (χ3n) is 3.02. The van der Waals surface area contributed by atoms with Gasteiger partial charge in [0.15, 0.2) is 0 Å². The number of esters is 1. The van der Waals surface area contributed by atoms with Crippen LogP contribution in [0.5, 0.6) is 0 Å². The number of hydrogen-bond acceptors (Lipinski definition) is 2. The third-order valence-corrected chi connectivity index (χ3v) is 3.02. The van der Waals surface area contributed by atoms with Crippen LogP contribution in [0.1, 0.15) is 59.8 Å². The van der Waals surface area contributed by atoms with Crippen molar-refractivity contribution < 1.29 is 9.53 Å². The van der Waals surface area contributed by atoms with Gasteiger partial charge in [0.1, 0.15) is 0 Å². The summed E-state index contributed by atoms with van der Waals surface area (Å²) in [5.41, 5.74) is 0. The van der Waals surface area contributed by atoms with Gasteiger partial charge in [0.05, 0.1) is 12.5 Å². The topological polar surface area (TPSA) is 26.3 Å². The van der Waals surface area contributed by atoms with E-state index in [0.29, 0.717) is 12.5 Å². The molecule has 2 atom stereocenters. The Morgan fingerprint density at radius 3 is 2.33 bits per heavy atom. The maximum Gasteiger partial charge on any atom is 0.308 e. The maximum absolute atomic E-state index is 11.5. The Bertz CT molecular complexity index is 166. The summed E-state index contributed by atoms with van der Waals surface area (Å²) in [6.07, 6.45) is 6.23. The smallest absolute Gasteiger partial charge is 0.308 e. The SMILES string of the molecule is CCCCCCC(C)C(C)C(=O)OCC. The first-order valence-electron chi connectivity index (χ1n) is 6.30. The van der Waals surface area contributed by atoms with E-state index in [1.807, 2.05) is 13.8 Å². The van der Waals surface area contributed by atoms with Gasteiger partial charge < -0.3 is 4.74 Å². The van der Waals surface area contributed by atoms with Crippen molar-refractivity contribution in [3.8, 4) is 0 Å². The first kappa shape index (κ1) is 14.5. The molecule has 0 N–H and O–H groups in total. The van der Waals surface area contributed by atoms with E-state index < -0.39 is 0 Å². The average molecular weight is 214 g/mol. The molecule has 0 spiro atoms. The van der Waals surface area contributed by atoms with E-state index in [1.165, 1.54) is 25.7 Å². The zero-order valence-electron chi connectivity index (χ0n) is 10.7. The summed E-state index contributed by atoms with van der Waals surface area (Å²) in [6.45, 7) is 8.68. The van der Waals surface area contributed by atoms with Crippen LogP contribution >= 0.6 is 0 Å². The Morgan fingerprint density at radius 2 is 1.80 bits per heavy atom. The molecular weight excluding hydrogens is 188 g/mol. The molecule has 15 heavy (non-hydrogen) atoms. The molecule has 0 aromatic carbocycles. The van der Waals surface area contributed by atoms with E-state index in [0.717, 1.165) is 6.42 Å². The number of hydrogen-bond donors (Lipinski definition) is 0. The fourth-order valence-electron chi connectivity index (χ4n) is 1.65. The molecule has 0 rings (SSSR count). The Kier molecular flexibility index (Phi) is 8.44. The van der Waals surface area contributed by atoms with Crippen LogP contribution in [-0.4, -0.2) is 12.6 Å². The van der Waals surface area contributed by atoms with Gasteiger partial charge in [-0.1, -0.05) is 46.5 Å². The number of carbonyl (C=O) groups is 1. The highest BCUT2D eigenvalue weighted by Gasteiger charge is 2.20. The zero-order chi connectivity index (χ0) is 11.7. The molecule has 0 aliphatic carbocycles. The van der Waals surface area contributed by atoms with Gasteiger partial charge in [0.25, 0.3) is 0 Å². The second-order valence-corrected chi connectivity index (χ2v) is 4.37. The van der Waals surface area contributed by atoms with Gasteiger partial charge in [-0.05, 0) is 19.3 Å². The van der Waals surface area contributed by atoms with Gasteiger partial charge >= 0.3 is 5.97 Å². The van der Waals surface area contributed by atoms with Crippen molar-refractivity contribution in [1.82, 2.24) is 0 Å². The average Bonchev–Trinajstić information content (AvgIpc) is 2.23. The number of rotatable bonds is 8. The van der Waals surface area contributed by atoms with Gasteiger partial charge in [-0.2, -0.15) is 0 Å². The first-order chi connectivity index (χ1) is 7.13. The lowest BCUT2D eigenvalue weighted by Gasteiger charge is -2.18. The van der Waals surface area contributed by atoms with Crippen molar-refractivity contribution in [2.45, 2.75) is 59.8 Å². The van der Waals surface area contributed by atoms with Crippen molar-refractivity contribution in [3.63, 3.8) is 0 Å². The Balaban J connectivity index is 3.68. The molecule has 2 unspecified atom stereocenters. The van der Waals surface area contributed by atoms with E-state index in [4.69, 9.17) is 4.74 Å². The van der Waals surface area contributed by atoms with E-state index in [2.05, 4.69) is 13.8 Å². The molecule has 90 valence electrons. The van der Waals surface area contributed by atoms with Gasteiger partial charge in [0.2, 0.25) is 0 Å². The molecule has 0 saturated heterocycles. The van der Waals surface area contributed by atoms with E-state index in [1.54, 1.807) is 0 Å². The summed E-state index contributed by atoms with van der Waals surface area (Å²) < 4.78 is 5.01. The van der Waals surface area contributed by atoms with Crippen LogP contribution < -0.4 is 0 Å². The van der Waals surface area contributed by atoms with Gasteiger partial charge in [-0.25, -0.2) is 0 Å². The second-order valence-electron chi connectivity index (χ2n) is 4.37. The Morgan fingerprint density at radius 1 is 1.13 bits per heavy atom. The van der Waals surface area contributed by atoms with E-state index >= 15 is 0 Å². The summed E-state index contributed by atoms with van der Waals surface area (Å²) in [5, 5.41) is 0.